The Labute approximate surface area is 144 Å². The summed E-state index contributed by atoms with van der Waals surface area (Å²) < 4.78 is 31.7. The third-order valence-electron chi connectivity index (χ3n) is 3.43. The molecule has 2 aromatic rings. The Bertz CT molecular complexity index is 867. The third-order valence-corrected chi connectivity index (χ3v) is 6.43. The normalized spacial score (nSPS) is 14.8. The van der Waals surface area contributed by atoms with E-state index in [4.69, 9.17) is 4.74 Å². The lowest BCUT2D eigenvalue weighted by atomic mass is 10.2. The van der Waals surface area contributed by atoms with Crippen molar-refractivity contribution in [3.63, 3.8) is 0 Å². The van der Waals surface area contributed by atoms with Crippen LogP contribution in [-0.2, 0) is 27.8 Å². The molecule has 0 saturated carbocycles. The van der Waals surface area contributed by atoms with Crippen molar-refractivity contribution >= 4 is 27.5 Å². The van der Waals surface area contributed by atoms with Gasteiger partial charge < -0.3 is 4.74 Å². The highest BCUT2D eigenvalue weighted by atomic mass is 32.2. The van der Waals surface area contributed by atoms with E-state index in [1.54, 1.807) is 32.9 Å². The summed E-state index contributed by atoms with van der Waals surface area (Å²) in [6.07, 6.45) is 1.05. The average Bonchev–Trinajstić information content (AvgIpc) is 3.09. The molecule has 3 heterocycles. The van der Waals surface area contributed by atoms with Gasteiger partial charge in [-0.25, -0.2) is 4.79 Å². The molecule has 0 aliphatic carbocycles. The van der Waals surface area contributed by atoms with Crippen molar-refractivity contribution in [2.45, 2.75) is 50.6 Å². The summed E-state index contributed by atoms with van der Waals surface area (Å²) in [4.78, 5) is 14.5. The van der Waals surface area contributed by atoms with Crippen LogP contribution in [0.2, 0.25) is 0 Å². The monoisotopic (exact) mass is 369 g/mol. The van der Waals surface area contributed by atoms with Gasteiger partial charge in [0, 0.05) is 16.6 Å². The zero-order chi connectivity index (χ0) is 17.7. The molecule has 0 atom stereocenters. The third kappa shape index (κ3) is 3.18. The molecule has 1 aliphatic rings. The second kappa shape index (κ2) is 5.59. The minimum absolute atomic E-state index is 0.246. The SMILES string of the molecule is Cc1ccc(S(=O)(=O)n2cc3c(n2)CN(C(=O)OC(C)(C)C)C3)s1. The first-order chi connectivity index (χ1) is 11.1. The summed E-state index contributed by atoms with van der Waals surface area (Å²) in [5, 5.41) is 4.16. The summed E-state index contributed by atoms with van der Waals surface area (Å²) in [6.45, 7) is 7.80. The molecule has 0 unspecified atom stereocenters. The molecule has 7 nitrogen and oxygen atoms in total. The van der Waals surface area contributed by atoms with Crippen molar-refractivity contribution in [1.29, 1.82) is 0 Å². The summed E-state index contributed by atoms with van der Waals surface area (Å²) in [6, 6.07) is 3.34. The number of carbonyl (C=O) groups is 1. The summed E-state index contributed by atoms with van der Waals surface area (Å²) in [5.41, 5.74) is 0.729. The number of aryl methyl sites for hydroxylation is 1. The van der Waals surface area contributed by atoms with Crippen molar-refractivity contribution in [2.75, 3.05) is 0 Å². The van der Waals surface area contributed by atoms with Crippen LogP contribution in [0, 0.1) is 6.92 Å². The van der Waals surface area contributed by atoms with E-state index in [1.807, 2.05) is 6.92 Å². The molecule has 130 valence electrons. The Morgan fingerprint density at radius 1 is 1.29 bits per heavy atom. The highest BCUT2D eigenvalue weighted by molar-refractivity contribution is 7.91. The highest BCUT2D eigenvalue weighted by Crippen LogP contribution is 2.27. The average molecular weight is 369 g/mol. The number of hydrogen-bond acceptors (Lipinski definition) is 6. The zero-order valence-corrected chi connectivity index (χ0v) is 15.6. The first-order valence-corrected chi connectivity index (χ1v) is 9.69. The lowest BCUT2D eigenvalue weighted by molar-refractivity contribution is 0.0239. The van der Waals surface area contributed by atoms with Gasteiger partial charge in [0.05, 0.1) is 18.8 Å². The smallest absolute Gasteiger partial charge is 0.410 e. The number of aromatic nitrogens is 2. The Morgan fingerprint density at radius 2 is 2.00 bits per heavy atom. The van der Waals surface area contributed by atoms with Gasteiger partial charge in [0.15, 0.2) is 0 Å². The number of hydrogen-bond donors (Lipinski definition) is 0. The molecule has 0 spiro atoms. The summed E-state index contributed by atoms with van der Waals surface area (Å²) in [7, 11) is -3.67. The summed E-state index contributed by atoms with van der Waals surface area (Å²) >= 11 is 1.21. The fourth-order valence-electron chi connectivity index (χ4n) is 2.35. The summed E-state index contributed by atoms with van der Waals surface area (Å²) in [5.74, 6) is 0. The Kier molecular flexibility index (Phi) is 3.95. The van der Waals surface area contributed by atoms with Gasteiger partial charge in [0.1, 0.15) is 9.81 Å². The van der Waals surface area contributed by atoms with Crippen LogP contribution in [0.15, 0.2) is 22.5 Å². The van der Waals surface area contributed by atoms with Crippen molar-refractivity contribution in [3.8, 4) is 0 Å². The van der Waals surface area contributed by atoms with E-state index in [0.717, 1.165) is 14.5 Å². The molecule has 0 bridgehead atoms. The van der Waals surface area contributed by atoms with Gasteiger partial charge in [0.2, 0.25) is 0 Å². The van der Waals surface area contributed by atoms with E-state index in [-0.39, 0.29) is 10.8 Å². The molecule has 0 aromatic carbocycles. The molecular weight excluding hydrogens is 350 g/mol. The maximum atomic E-state index is 12.6. The molecule has 0 N–H and O–H groups in total. The second-order valence-electron chi connectivity index (χ2n) is 6.68. The van der Waals surface area contributed by atoms with E-state index in [2.05, 4.69) is 5.10 Å². The standard InChI is InChI=1S/C15H19N3O4S2/c1-10-5-6-13(23-10)24(20,21)18-8-11-7-17(9-12(11)16-18)14(19)22-15(2,3)4/h5-6,8H,7,9H2,1-4H3. The van der Waals surface area contributed by atoms with Crippen LogP contribution in [0.1, 0.15) is 36.9 Å². The molecule has 0 radical (unpaired) electrons. The minimum atomic E-state index is -3.67. The first kappa shape index (κ1) is 17.0. The van der Waals surface area contributed by atoms with Crippen LogP contribution < -0.4 is 0 Å². The quantitative estimate of drug-likeness (QED) is 0.813. The van der Waals surface area contributed by atoms with Crippen molar-refractivity contribution < 1.29 is 17.9 Å². The van der Waals surface area contributed by atoms with Crippen LogP contribution in [0.25, 0.3) is 0 Å². The predicted octanol–water partition coefficient (Wildman–Crippen LogP) is 2.74. The number of thiophene rings is 1. The van der Waals surface area contributed by atoms with Crippen molar-refractivity contribution in [3.05, 3.63) is 34.5 Å². The van der Waals surface area contributed by atoms with Gasteiger partial charge in [-0.15, -0.1) is 11.3 Å². The van der Waals surface area contributed by atoms with Gasteiger partial charge >= 0.3 is 6.09 Å². The largest absolute Gasteiger partial charge is 0.444 e. The number of rotatable bonds is 2. The fourth-order valence-corrected chi connectivity index (χ4v) is 4.88. The molecule has 9 heteroatoms. The number of ether oxygens (including phenoxy) is 1. The molecule has 0 saturated heterocycles. The van der Waals surface area contributed by atoms with E-state index in [0.29, 0.717) is 12.2 Å². The lowest BCUT2D eigenvalue weighted by Gasteiger charge is -2.24. The van der Waals surface area contributed by atoms with Crippen LogP contribution in [0.4, 0.5) is 4.79 Å². The maximum absolute atomic E-state index is 12.6. The van der Waals surface area contributed by atoms with Gasteiger partial charge in [0.25, 0.3) is 10.0 Å². The minimum Gasteiger partial charge on any atom is -0.444 e. The molecule has 0 fully saturated rings. The molecule has 1 aliphatic heterocycles. The van der Waals surface area contributed by atoms with Crippen molar-refractivity contribution in [2.24, 2.45) is 0 Å². The highest BCUT2D eigenvalue weighted by Gasteiger charge is 2.32. The van der Waals surface area contributed by atoms with E-state index in [9.17, 15) is 13.2 Å². The molecule has 24 heavy (non-hydrogen) atoms. The number of fused-ring (bicyclic) bond motifs is 1. The van der Waals surface area contributed by atoms with Crippen LogP contribution in [-0.4, -0.2) is 34.2 Å². The second-order valence-corrected chi connectivity index (χ2v) is 9.99. The van der Waals surface area contributed by atoms with Gasteiger partial charge in [-0.3, -0.25) is 4.90 Å². The van der Waals surface area contributed by atoms with Crippen molar-refractivity contribution in [1.82, 2.24) is 14.1 Å². The molecule has 1 amide bonds. The van der Waals surface area contributed by atoms with Gasteiger partial charge in [-0.1, -0.05) is 0 Å². The predicted molar refractivity (Wildman–Crippen MR) is 89.3 cm³/mol. The topological polar surface area (TPSA) is 81.5 Å². The van der Waals surface area contributed by atoms with Gasteiger partial charge in [-0.05, 0) is 39.8 Å². The maximum Gasteiger partial charge on any atom is 0.410 e. The zero-order valence-electron chi connectivity index (χ0n) is 13.9. The van der Waals surface area contributed by atoms with E-state index < -0.39 is 21.7 Å². The number of nitrogens with zero attached hydrogens (tertiary/aromatic N) is 3. The number of carbonyl (C=O) groups excluding carboxylic acids is 1. The van der Waals surface area contributed by atoms with Crippen LogP contribution >= 0.6 is 11.3 Å². The van der Waals surface area contributed by atoms with Gasteiger partial charge in [-0.2, -0.15) is 17.6 Å². The Hall–Kier alpha value is -1.87. The fraction of sp³-hybridized carbons (Fsp3) is 0.467. The van der Waals surface area contributed by atoms with Crippen LogP contribution in [0.5, 0.6) is 0 Å². The molecule has 3 rings (SSSR count). The number of amides is 1. The molecule has 2 aromatic heterocycles. The van der Waals surface area contributed by atoms with E-state index >= 15 is 0 Å². The lowest BCUT2D eigenvalue weighted by Crippen LogP contribution is -2.33. The Morgan fingerprint density at radius 3 is 2.54 bits per heavy atom. The Balaban J connectivity index is 1.79. The van der Waals surface area contributed by atoms with Crippen LogP contribution in [0.3, 0.4) is 0 Å². The molecular formula is C15H19N3O4S2. The first-order valence-electron chi connectivity index (χ1n) is 7.43. The van der Waals surface area contributed by atoms with E-state index in [1.165, 1.54) is 22.4 Å².